The zero-order chi connectivity index (χ0) is 22.6. The molecule has 2 atom stereocenters. The number of aryl methyl sites for hydroxylation is 1. The quantitative estimate of drug-likeness (QED) is 0.606. The molecule has 1 amide bonds. The maximum atomic E-state index is 13.7. The number of rotatable bonds is 6. The van der Waals surface area contributed by atoms with Gasteiger partial charge in [-0.2, -0.15) is 4.31 Å². The van der Waals surface area contributed by atoms with Gasteiger partial charge in [-0.3, -0.25) is 4.79 Å². The van der Waals surface area contributed by atoms with Crippen LogP contribution in [0.3, 0.4) is 0 Å². The molecule has 1 fully saturated rings. The topological polar surface area (TPSA) is 66.5 Å². The molecule has 3 aromatic rings. The summed E-state index contributed by atoms with van der Waals surface area (Å²) in [5.41, 5.74) is 2.85. The summed E-state index contributed by atoms with van der Waals surface area (Å²) in [6.45, 7) is 2.48. The molecule has 32 heavy (non-hydrogen) atoms. The third-order valence-corrected chi connectivity index (χ3v) is 7.87. The number of carbonyl (C=O) groups excluding carboxylic acids is 1. The molecular formula is C26H28N2O3S. The number of piperidine rings is 1. The lowest BCUT2D eigenvalue weighted by Crippen LogP contribution is -2.46. The van der Waals surface area contributed by atoms with E-state index in [1.807, 2.05) is 73.7 Å². The molecule has 0 aliphatic carbocycles. The van der Waals surface area contributed by atoms with Gasteiger partial charge in [0.2, 0.25) is 15.9 Å². The van der Waals surface area contributed by atoms with Crippen LogP contribution in [-0.4, -0.2) is 25.2 Å². The maximum Gasteiger partial charge on any atom is 0.243 e. The number of hydrogen-bond donors (Lipinski definition) is 1. The minimum Gasteiger partial charge on any atom is -0.352 e. The van der Waals surface area contributed by atoms with Gasteiger partial charge in [0.15, 0.2) is 0 Å². The molecule has 6 heteroatoms. The van der Waals surface area contributed by atoms with Gasteiger partial charge >= 0.3 is 0 Å². The number of amides is 1. The van der Waals surface area contributed by atoms with Crippen molar-refractivity contribution in [2.24, 2.45) is 5.92 Å². The van der Waals surface area contributed by atoms with Gasteiger partial charge in [-0.1, -0.05) is 72.8 Å². The number of sulfonamides is 1. The van der Waals surface area contributed by atoms with E-state index in [1.165, 1.54) is 4.31 Å². The van der Waals surface area contributed by atoms with Crippen LogP contribution in [0.5, 0.6) is 0 Å². The summed E-state index contributed by atoms with van der Waals surface area (Å²) in [4.78, 5) is 13.2. The molecule has 0 saturated carbocycles. The first-order chi connectivity index (χ1) is 15.4. The van der Waals surface area contributed by atoms with Crippen molar-refractivity contribution in [3.63, 3.8) is 0 Å². The third kappa shape index (κ3) is 4.92. The molecule has 3 aromatic carbocycles. The second-order valence-electron chi connectivity index (χ2n) is 8.30. The van der Waals surface area contributed by atoms with Gasteiger partial charge in [-0.05, 0) is 48.6 Å². The summed E-state index contributed by atoms with van der Waals surface area (Å²) in [6, 6.07) is 26.1. The smallest absolute Gasteiger partial charge is 0.243 e. The Morgan fingerprint density at radius 3 is 2.31 bits per heavy atom. The van der Waals surface area contributed by atoms with E-state index in [9.17, 15) is 13.2 Å². The Morgan fingerprint density at radius 1 is 0.938 bits per heavy atom. The fraction of sp³-hybridized carbons (Fsp3) is 0.269. The van der Waals surface area contributed by atoms with Gasteiger partial charge in [0, 0.05) is 13.1 Å². The van der Waals surface area contributed by atoms with Gasteiger partial charge in [-0.15, -0.1) is 0 Å². The predicted molar refractivity (Wildman–Crippen MR) is 125 cm³/mol. The van der Waals surface area contributed by atoms with E-state index in [0.29, 0.717) is 19.4 Å². The molecule has 0 aromatic heterocycles. The standard InChI is InChI=1S/C26H28N2O3S/c1-20-9-8-14-24(17-20)32(30,31)28-19-23(15-16-25(28)22-12-6-3-7-13-22)26(29)27-18-21-10-4-2-5-11-21/h2-14,17,23,25H,15-16,18-19H2,1H3,(H,27,29)/t23-,25-/m1/s1. The van der Waals surface area contributed by atoms with Gasteiger partial charge in [0.1, 0.15) is 0 Å². The van der Waals surface area contributed by atoms with Crippen molar-refractivity contribution in [2.45, 2.75) is 37.2 Å². The Labute approximate surface area is 190 Å². The first-order valence-corrected chi connectivity index (χ1v) is 12.3. The average Bonchev–Trinajstić information content (AvgIpc) is 2.83. The van der Waals surface area contributed by atoms with Crippen molar-refractivity contribution >= 4 is 15.9 Å². The highest BCUT2D eigenvalue weighted by Crippen LogP contribution is 2.37. The van der Waals surface area contributed by atoms with Crippen LogP contribution in [0.1, 0.15) is 35.6 Å². The summed E-state index contributed by atoms with van der Waals surface area (Å²) in [6.07, 6.45) is 1.23. The van der Waals surface area contributed by atoms with E-state index in [4.69, 9.17) is 0 Å². The highest BCUT2D eigenvalue weighted by Gasteiger charge is 2.40. The van der Waals surface area contributed by atoms with E-state index in [0.717, 1.165) is 16.7 Å². The SMILES string of the molecule is Cc1cccc(S(=O)(=O)N2C[C@H](C(=O)NCc3ccccc3)CC[C@@H]2c2ccccc2)c1. The van der Waals surface area contributed by atoms with Crippen LogP contribution in [0, 0.1) is 12.8 Å². The van der Waals surface area contributed by atoms with Gasteiger partial charge in [0.05, 0.1) is 16.9 Å². The Bertz CT molecular complexity index is 1160. The zero-order valence-electron chi connectivity index (χ0n) is 18.1. The second kappa shape index (κ2) is 9.67. The molecule has 4 rings (SSSR count). The molecule has 1 heterocycles. The molecule has 0 radical (unpaired) electrons. The highest BCUT2D eigenvalue weighted by molar-refractivity contribution is 7.89. The number of nitrogens with one attached hydrogen (secondary N) is 1. The summed E-state index contributed by atoms with van der Waals surface area (Å²) in [7, 11) is -3.76. The second-order valence-corrected chi connectivity index (χ2v) is 10.2. The first-order valence-electron chi connectivity index (χ1n) is 10.9. The lowest BCUT2D eigenvalue weighted by molar-refractivity contribution is -0.126. The number of hydrogen-bond acceptors (Lipinski definition) is 3. The summed E-state index contributed by atoms with van der Waals surface area (Å²) >= 11 is 0. The lowest BCUT2D eigenvalue weighted by atomic mass is 9.90. The molecular weight excluding hydrogens is 420 g/mol. The molecule has 166 valence electrons. The van der Waals surface area contributed by atoms with Gasteiger partial charge in [0.25, 0.3) is 0 Å². The third-order valence-electron chi connectivity index (χ3n) is 6.00. The van der Waals surface area contributed by atoms with Gasteiger partial charge < -0.3 is 5.32 Å². The van der Waals surface area contributed by atoms with Crippen LogP contribution in [0.2, 0.25) is 0 Å². The van der Waals surface area contributed by atoms with E-state index in [2.05, 4.69) is 5.32 Å². The van der Waals surface area contributed by atoms with E-state index in [1.54, 1.807) is 18.2 Å². The fourth-order valence-electron chi connectivity index (χ4n) is 4.27. The van der Waals surface area contributed by atoms with Crippen molar-refractivity contribution in [1.82, 2.24) is 9.62 Å². The number of carbonyl (C=O) groups is 1. The monoisotopic (exact) mass is 448 g/mol. The van der Waals surface area contributed by atoms with Crippen molar-refractivity contribution in [3.8, 4) is 0 Å². The van der Waals surface area contributed by atoms with Crippen LogP contribution in [0.25, 0.3) is 0 Å². The van der Waals surface area contributed by atoms with E-state index >= 15 is 0 Å². The first kappa shape index (κ1) is 22.2. The van der Waals surface area contributed by atoms with Crippen molar-refractivity contribution in [2.75, 3.05) is 6.54 Å². The Morgan fingerprint density at radius 2 is 1.62 bits per heavy atom. The summed E-state index contributed by atoms with van der Waals surface area (Å²) < 4.78 is 28.9. The summed E-state index contributed by atoms with van der Waals surface area (Å²) in [5, 5.41) is 2.98. The van der Waals surface area contributed by atoms with Crippen molar-refractivity contribution in [1.29, 1.82) is 0 Å². The van der Waals surface area contributed by atoms with Crippen molar-refractivity contribution in [3.05, 3.63) is 102 Å². The molecule has 0 spiro atoms. The van der Waals surface area contributed by atoms with Crippen LogP contribution < -0.4 is 5.32 Å². The molecule has 5 nitrogen and oxygen atoms in total. The molecule has 1 aliphatic rings. The van der Waals surface area contributed by atoms with E-state index < -0.39 is 15.9 Å². The minimum absolute atomic E-state index is 0.107. The lowest BCUT2D eigenvalue weighted by Gasteiger charge is -2.38. The van der Waals surface area contributed by atoms with Crippen LogP contribution in [0.4, 0.5) is 0 Å². The number of nitrogens with zero attached hydrogens (tertiary/aromatic N) is 1. The zero-order valence-corrected chi connectivity index (χ0v) is 19.0. The maximum absolute atomic E-state index is 13.7. The highest BCUT2D eigenvalue weighted by atomic mass is 32.2. The van der Waals surface area contributed by atoms with Crippen LogP contribution in [-0.2, 0) is 21.4 Å². The van der Waals surface area contributed by atoms with Crippen molar-refractivity contribution < 1.29 is 13.2 Å². The predicted octanol–water partition coefficient (Wildman–Crippen LogP) is 4.45. The van der Waals surface area contributed by atoms with E-state index in [-0.39, 0.29) is 23.4 Å². The Balaban J connectivity index is 1.59. The molecule has 1 N–H and O–H groups in total. The average molecular weight is 449 g/mol. The molecule has 1 aliphatic heterocycles. The van der Waals surface area contributed by atoms with Crippen LogP contribution >= 0.6 is 0 Å². The molecule has 0 bridgehead atoms. The summed E-state index contributed by atoms with van der Waals surface area (Å²) in [5.74, 6) is -0.497. The largest absolute Gasteiger partial charge is 0.352 e. The normalized spacial score (nSPS) is 19.4. The van der Waals surface area contributed by atoms with Crippen LogP contribution in [0.15, 0.2) is 89.8 Å². The number of benzene rings is 3. The minimum atomic E-state index is -3.76. The van der Waals surface area contributed by atoms with Gasteiger partial charge in [-0.25, -0.2) is 8.42 Å². The molecule has 1 saturated heterocycles. The Hall–Kier alpha value is -2.96. The molecule has 0 unspecified atom stereocenters. The Kier molecular flexibility index (Phi) is 6.72. The fourth-order valence-corrected chi connectivity index (χ4v) is 6.06.